The largest absolute Gasteiger partial charge is 0.379 e. The van der Waals surface area contributed by atoms with E-state index in [2.05, 4.69) is 26.2 Å². The quantitative estimate of drug-likeness (QED) is 0.621. The van der Waals surface area contributed by atoms with Gasteiger partial charge in [-0.25, -0.2) is 0 Å². The first-order valence-electron chi connectivity index (χ1n) is 9.92. The van der Waals surface area contributed by atoms with E-state index in [0.29, 0.717) is 6.04 Å². The van der Waals surface area contributed by atoms with E-state index in [4.69, 9.17) is 4.74 Å². The van der Waals surface area contributed by atoms with Gasteiger partial charge in [-0.2, -0.15) is 0 Å². The van der Waals surface area contributed by atoms with E-state index >= 15 is 0 Å². The van der Waals surface area contributed by atoms with Crippen LogP contribution in [0.25, 0.3) is 0 Å². The average Bonchev–Trinajstić information content (AvgIpc) is 3.37. The first-order valence-corrected chi connectivity index (χ1v) is 9.92. The maximum Gasteiger partial charge on any atom is 0.246 e. The van der Waals surface area contributed by atoms with Gasteiger partial charge in [0.05, 0.1) is 19.8 Å². The van der Waals surface area contributed by atoms with Gasteiger partial charge in [-0.15, -0.1) is 0 Å². The second-order valence-corrected chi connectivity index (χ2v) is 7.36. The minimum Gasteiger partial charge on any atom is -0.379 e. The Kier molecular flexibility index (Phi) is 5.59. The Hall–Kier alpha value is -2.12. The van der Waals surface area contributed by atoms with Gasteiger partial charge in [0.1, 0.15) is 0 Å². The molecule has 1 amide bonds. The zero-order valence-electron chi connectivity index (χ0n) is 16.1. The number of amides is 1. The van der Waals surface area contributed by atoms with Crippen molar-refractivity contribution in [2.24, 2.45) is 4.99 Å². The first kappa shape index (κ1) is 18.3. The first-order chi connectivity index (χ1) is 13.3. The number of carbonyl (C=O) groups excluding carboxylic acids is 1. The molecule has 3 aliphatic rings. The second-order valence-electron chi connectivity index (χ2n) is 7.36. The number of likely N-dealkylation sites (tertiary alicyclic amines) is 1. The second kappa shape index (κ2) is 8.27. The predicted molar refractivity (Wildman–Crippen MR) is 106 cm³/mol. The number of morpholine rings is 1. The molecule has 7 heteroatoms. The fourth-order valence-electron chi connectivity index (χ4n) is 4.35. The van der Waals surface area contributed by atoms with E-state index in [0.717, 1.165) is 70.4 Å². The molecular weight excluding hydrogens is 342 g/mol. The van der Waals surface area contributed by atoms with Gasteiger partial charge in [-0.3, -0.25) is 14.7 Å². The van der Waals surface area contributed by atoms with Crippen LogP contribution in [-0.4, -0.2) is 87.2 Å². The van der Waals surface area contributed by atoms with Crippen LogP contribution in [0.15, 0.2) is 29.3 Å². The van der Waals surface area contributed by atoms with Crippen molar-refractivity contribution in [3.63, 3.8) is 0 Å². The number of aliphatic imine (C=N–C) groups is 1. The maximum absolute atomic E-state index is 12.7. The van der Waals surface area contributed by atoms with Gasteiger partial charge in [0.15, 0.2) is 5.96 Å². The molecule has 3 heterocycles. The van der Waals surface area contributed by atoms with Crippen molar-refractivity contribution in [1.82, 2.24) is 15.1 Å². The number of carbonyl (C=O) groups is 1. The SMILES string of the molecule is CN=C(NCC(=O)N1CCc2ccccc21)N1CCC(N2CCOCC2)C1. The van der Waals surface area contributed by atoms with Crippen molar-refractivity contribution in [2.45, 2.75) is 18.9 Å². The highest BCUT2D eigenvalue weighted by Crippen LogP contribution is 2.27. The summed E-state index contributed by atoms with van der Waals surface area (Å²) < 4.78 is 5.46. The number of guanidine groups is 1. The number of rotatable bonds is 3. The Balaban J connectivity index is 1.30. The van der Waals surface area contributed by atoms with Crippen LogP contribution in [0.1, 0.15) is 12.0 Å². The van der Waals surface area contributed by atoms with Gasteiger partial charge in [-0.05, 0) is 24.5 Å². The highest BCUT2D eigenvalue weighted by Gasteiger charge is 2.31. The molecule has 1 aromatic carbocycles. The van der Waals surface area contributed by atoms with Crippen LogP contribution in [0.2, 0.25) is 0 Å². The summed E-state index contributed by atoms with van der Waals surface area (Å²) in [6.45, 7) is 6.66. The number of ether oxygens (including phenoxy) is 1. The zero-order chi connectivity index (χ0) is 18.6. The third-order valence-corrected chi connectivity index (χ3v) is 5.82. The van der Waals surface area contributed by atoms with Gasteiger partial charge >= 0.3 is 0 Å². The lowest BCUT2D eigenvalue weighted by atomic mass is 10.2. The summed E-state index contributed by atoms with van der Waals surface area (Å²) in [6.07, 6.45) is 2.07. The molecule has 0 saturated carbocycles. The number of hydrogen-bond acceptors (Lipinski definition) is 4. The molecule has 0 bridgehead atoms. The van der Waals surface area contributed by atoms with Crippen LogP contribution in [0.3, 0.4) is 0 Å². The van der Waals surface area contributed by atoms with Gasteiger partial charge in [0, 0.05) is 51.5 Å². The van der Waals surface area contributed by atoms with E-state index in [1.54, 1.807) is 7.05 Å². The number of hydrogen-bond donors (Lipinski definition) is 1. The molecule has 7 nitrogen and oxygen atoms in total. The number of benzene rings is 1. The van der Waals surface area contributed by atoms with Crippen LogP contribution in [0, 0.1) is 0 Å². The molecule has 0 aromatic heterocycles. The Morgan fingerprint density at radius 2 is 2.04 bits per heavy atom. The Bertz CT molecular complexity index is 701. The normalized spacial score (nSPS) is 23.6. The number of fused-ring (bicyclic) bond motifs is 1. The van der Waals surface area contributed by atoms with Crippen molar-refractivity contribution in [3.05, 3.63) is 29.8 Å². The highest BCUT2D eigenvalue weighted by molar-refractivity contribution is 5.98. The molecule has 146 valence electrons. The molecule has 0 radical (unpaired) electrons. The van der Waals surface area contributed by atoms with Gasteiger partial charge in [0.2, 0.25) is 5.91 Å². The monoisotopic (exact) mass is 371 g/mol. The standard InChI is InChI=1S/C20H29N5O2/c1-21-20(24-8-7-17(15-24)23-10-12-27-13-11-23)22-14-19(26)25-9-6-16-4-2-3-5-18(16)25/h2-5,17H,6-15H2,1H3,(H,21,22). The van der Waals surface area contributed by atoms with Gasteiger partial charge in [0.25, 0.3) is 0 Å². The summed E-state index contributed by atoms with van der Waals surface area (Å²) in [4.78, 5) is 23.8. The molecule has 1 N–H and O–H groups in total. The summed E-state index contributed by atoms with van der Waals surface area (Å²) in [5, 5.41) is 3.28. The molecule has 3 aliphatic heterocycles. The van der Waals surface area contributed by atoms with Gasteiger partial charge < -0.3 is 19.9 Å². The van der Waals surface area contributed by atoms with Crippen molar-refractivity contribution in [3.8, 4) is 0 Å². The lowest BCUT2D eigenvalue weighted by molar-refractivity contribution is -0.117. The third-order valence-electron chi connectivity index (χ3n) is 5.82. The van der Waals surface area contributed by atoms with E-state index in [-0.39, 0.29) is 12.5 Å². The summed E-state index contributed by atoms with van der Waals surface area (Å²) in [5.41, 5.74) is 2.30. The molecule has 2 saturated heterocycles. The summed E-state index contributed by atoms with van der Waals surface area (Å²) in [6, 6.07) is 8.71. The molecule has 1 atom stereocenters. The Morgan fingerprint density at radius 1 is 1.22 bits per heavy atom. The van der Waals surface area contributed by atoms with Crippen molar-refractivity contribution < 1.29 is 9.53 Å². The molecule has 2 fully saturated rings. The van der Waals surface area contributed by atoms with Crippen molar-refractivity contribution in [1.29, 1.82) is 0 Å². The molecule has 1 unspecified atom stereocenters. The summed E-state index contributed by atoms with van der Waals surface area (Å²) >= 11 is 0. The maximum atomic E-state index is 12.7. The van der Waals surface area contributed by atoms with Crippen LogP contribution in [0.5, 0.6) is 0 Å². The van der Waals surface area contributed by atoms with E-state index in [9.17, 15) is 4.79 Å². The fraction of sp³-hybridized carbons (Fsp3) is 0.600. The lowest BCUT2D eigenvalue weighted by Gasteiger charge is -2.32. The van der Waals surface area contributed by atoms with Crippen LogP contribution >= 0.6 is 0 Å². The fourth-order valence-corrected chi connectivity index (χ4v) is 4.35. The number of anilines is 1. The Morgan fingerprint density at radius 3 is 2.85 bits per heavy atom. The van der Waals surface area contributed by atoms with E-state index < -0.39 is 0 Å². The third kappa shape index (κ3) is 3.94. The molecule has 0 spiro atoms. The molecule has 1 aromatic rings. The van der Waals surface area contributed by atoms with Crippen molar-refractivity contribution >= 4 is 17.6 Å². The van der Waals surface area contributed by atoms with E-state index in [1.807, 2.05) is 23.1 Å². The number of nitrogens with zero attached hydrogens (tertiary/aromatic N) is 4. The predicted octanol–water partition coefficient (Wildman–Crippen LogP) is 0.558. The smallest absolute Gasteiger partial charge is 0.246 e. The lowest BCUT2D eigenvalue weighted by Crippen LogP contribution is -2.48. The summed E-state index contributed by atoms with van der Waals surface area (Å²) in [7, 11) is 1.79. The van der Waals surface area contributed by atoms with E-state index in [1.165, 1.54) is 5.56 Å². The van der Waals surface area contributed by atoms with Gasteiger partial charge in [-0.1, -0.05) is 18.2 Å². The number of nitrogens with one attached hydrogen (secondary N) is 1. The minimum atomic E-state index is 0.102. The average molecular weight is 371 g/mol. The zero-order valence-corrected chi connectivity index (χ0v) is 16.1. The molecule has 4 rings (SSSR count). The topological polar surface area (TPSA) is 60.4 Å². The Labute approximate surface area is 161 Å². The van der Waals surface area contributed by atoms with Crippen LogP contribution < -0.4 is 10.2 Å². The van der Waals surface area contributed by atoms with Crippen molar-refractivity contribution in [2.75, 3.05) is 64.4 Å². The molecule has 27 heavy (non-hydrogen) atoms. The molecule has 0 aliphatic carbocycles. The van der Waals surface area contributed by atoms with Crippen LogP contribution in [-0.2, 0) is 16.0 Å². The van der Waals surface area contributed by atoms with Crippen LogP contribution in [0.4, 0.5) is 5.69 Å². The summed E-state index contributed by atoms with van der Waals surface area (Å²) in [5.74, 6) is 0.927. The minimum absolute atomic E-state index is 0.102. The molecular formula is C20H29N5O2. The number of para-hydroxylation sites is 1. The highest BCUT2D eigenvalue weighted by atomic mass is 16.5.